The maximum Gasteiger partial charge on any atom is 0.416 e. The van der Waals surface area contributed by atoms with E-state index in [0.717, 1.165) is 6.07 Å². The molecule has 16 heavy (non-hydrogen) atoms. The SMILES string of the molecule is CN1C=CSC1c1ccccc1C(F)(F)F. The summed E-state index contributed by atoms with van der Waals surface area (Å²) in [4.78, 5) is 1.77. The largest absolute Gasteiger partial charge is 0.416 e. The van der Waals surface area contributed by atoms with Crippen molar-refractivity contribution in [3.05, 3.63) is 47.0 Å². The van der Waals surface area contributed by atoms with E-state index < -0.39 is 11.7 Å². The second kappa shape index (κ2) is 4.05. The molecule has 1 aliphatic rings. The van der Waals surface area contributed by atoms with Crippen molar-refractivity contribution >= 4 is 11.8 Å². The first kappa shape index (κ1) is 11.4. The molecular formula is C11H10F3NS. The summed E-state index contributed by atoms with van der Waals surface area (Å²) in [7, 11) is 1.77. The summed E-state index contributed by atoms with van der Waals surface area (Å²) < 4.78 is 38.3. The van der Waals surface area contributed by atoms with Crippen molar-refractivity contribution in [1.82, 2.24) is 4.90 Å². The predicted molar refractivity (Wildman–Crippen MR) is 58.7 cm³/mol. The van der Waals surface area contributed by atoms with Crippen molar-refractivity contribution in [2.75, 3.05) is 7.05 Å². The van der Waals surface area contributed by atoms with Gasteiger partial charge < -0.3 is 4.90 Å². The number of benzene rings is 1. The van der Waals surface area contributed by atoms with Gasteiger partial charge in [0.1, 0.15) is 5.37 Å². The molecule has 86 valence electrons. The van der Waals surface area contributed by atoms with E-state index in [4.69, 9.17) is 0 Å². The van der Waals surface area contributed by atoms with Crippen LogP contribution in [0.2, 0.25) is 0 Å². The van der Waals surface area contributed by atoms with Crippen molar-refractivity contribution in [3.8, 4) is 0 Å². The van der Waals surface area contributed by atoms with E-state index in [-0.39, 0.29) is 5.37 Å². The Labute approximate surface area is 95.9 Å². The van der Waals surface area contributed by atoms with Crippen molar-refractivity contribution in [1.29, 1.82) is 0 Å². The van der Waals surface area contributed by atoms with Gasteiger partial charge >= 0.3 is 6.18 Å². The average molecular weight is 245 g/mol. The Bertz CT molecular complexity index is 414. The number of alkyl halides is 3. The van der Waals surface area contributed by atoms with Gasteiger partial charge in [-0.1, -0.05) is 18.2 Å². The highest BCUT2D eigenvalue weighted by molar-refractivity contribution is 8.02. The van der Waals surface area contributed by atoms with Gasteiger partial charge in [0.15, 0.2) is 0 Å². The minimum Gasteiger partial charge on any atom is -0.364 e. The van der Waals surface area contributed by atoms with Crippen molar-refractivity contribution in [2.45, 2.75) is 11.6 Å². The lowest BCUT2D eigenvalue weighted by atomic mass is 10.1. The first-order valence-electron chi connectivity index (χ1n) is 4.70. The lowest BCUT2D eigenvalue weighted by Crippen LogP contribution is -2.17. The molecule has 1 nitrogen and oxygen atoms in total. The molecule has 1 aliphatic heterocycles. The van der Waals surface area contributed by atoms with E-state index in [2.05, 4.69) is 0 Å². The molecule has 0 aliphatic carbocycles. The first-order valence-corrected chi connectivity index (χ1v) is 5.64. The van der Waals surface area contributed by atoms with Gasteiger partial charge in [-0.25, -0.2) is 0 Å². The molecule has 0 saturated heterocycles. The fourth-order valence-electron chi connectivity index (χ4n) is 1.64. The van der Waals surface area contributed by atoms with Gasteiger partial charge in [0.2, 0.25) is 0 Å². The smallest absolute Gasteiger partial charge is 0.364 e. The molecule has 0 saturated carbocycles. The highest BCUT2D eigenvalue weighted by atomic mass is 32.2. The van der Waals surface area contributed by atoms with Gasteiger partial charge in [-0.15, -0.1) is 11.8 Å². The zero-order valence-corrected chi connectivity index (χ0v) is 9.35. The molecule has 0 aromatic heterocycles. The van der Waals surface area contributed by atoms with Crippen LogP contribution in [0, 0.1) is 0 Å². The molecule has 2 rings (SSSR count). The van der Waals surface area contributed by atoms with E-state index >= 15 is 0 Å². The number of halogens is 3. The average Bonchev–Trinajstić information content (AvgIpc) is 2.63. The van der Waals surface area contributed by atoms with Crippen molar-refractivity contribution in [3.63, 3.8) is 0 Å². The van der Waals surface area contributed by atoms with Crippen LogP contribution in [-0.4, -0.2) is 11.9 Å². The van der Waals surface area contributed by atoms with Gasteiger partial charge in [0.25, 0.3) is 0 Å². The molecule has 0 N–H and O–H groups in total. The summed E-state index contributed by atoms with van der Waals surface area (Å²) in [6.45, 7) is 0. The van der Waals surface area contributed by atoms with Crippen LogP contribution in [0.3, 0.4) is 0 Å². The minimum absolute atomic E-state index is 0.280. The maximum atomic E-state index is 12.8. The van der Waals surface area contributed by atoms with Gasteiger partial charge in [-0.05, 0) is 17.0 Å². The first-order chi connectivity index (χ1) is 7.50. The van der Waals surface area contributed by atoms with E-state index in [1.54, 1.807) is 29.6 Å². The molecule has 5 heteroatoms. The molecule has 1 unspecified atom stereocenters. The Balaban J connectivity index is 2.41. The molecule has 0 radical (unpaired) electrons. The van der Waals surface area contributed by atoms with E-state index in [1.165, 1.54) is 23.9 Å². The molecule has 0 bridgehead atoms. The molecule has 0 amide bonds. The zero-order valence-electron chi connectivity index (χ0n) is 8.53. The summed E-state index contributed by atoms with van der Waals surface area (Å²) in [5.74, 6) is 0. The number of hydrogen-bond donors (Lipinski definition) is 0. The number of rotatable bonds is 1. The molecule has 1 heterocycles. The molecule has 1 aromatic rings. The third-order valence-electron chi connectivity index (χ3n) is 2.41. The molecule has 1 atom stereocenters. The van der Waals surface area contributed by atoms with Crippen LogP contribution >= 0.6 is 11.8 Å². The summed E-state index contributed by atoms with van der Waals surface area (Å²) in [6.07, 6.45) is -2.51. The van der Waals surface area contributed by atoms with Gasteiger partial charge in [-0.2, -0.15) is 13.2 Å². The third kappa shape index (κ3) is 2.04. The molecular weight excluding hydrogens is 235 g/mol. The monoisotopic (exact) mass is 245 g/mol. The number of thioether (sulfide) groups is 1. The number of nitrogens with zero attached hydrogens (tertiary/aromatic N) is 1. The Morgan fingerprint density at radius 2 is 1.94 bits per heavy atom. The van der Waals surface area contributed by atoms with E-state index in [1.807, 2.05) is 0 Å². The Morgan fingerprint density at radius 1 is 1.25 bits per heavy atom. The minimum atomic E-state index is -4.29. The Kier molecular flexibility index (Phi) is 2.88. The predicted octanol–water partition coefficient (Wildman–Crippen LogP) is 3.85. The van der Waals surface area contributed by atoms with Crippen LogP contribution in [0.5, 0.6) is 0 Å². The maximum absolute atomic E-state index is 12.8. The molecule has 0 spiro atoms. The third-order valence-corrected chi connectivity index (χ3v) is 3.53. The fourth-order valence-corrected chi connectivity index (χ4v) is 2.67. The quantitative estimate of drug-likeness (QED) is 0.739. The molecule has 1 aromatic carbocycles. The van der Waals surface area contributed by atoms with Crippen LogP contribution in [-0.2, 0) is 6.18 Å². The van der Waals surface area contributed by atoms with Gasteiger partial charge in [-0.3, -0.25) is 0 Å². The van der Waals surface area contributed by atoms with E-state index in [9.17, 15) is 13.2 Å². The van der Waals surface area contributed by atoms with Gasteiger partial charge in [0.05, 0.1) is 5.56 Å². The lowest BCUT2D eigenvalue weighted by molar-refractivity contribution is -0.138. The zero-order chi connectivity index (χ0) is 11.8. The van der Waals surface area contributed by atoms with Crippen molar-refractivity contribution in [2.24, 2.45) is 0 Å². The van der Waals surface area contributed by atoms with Crippen LogP contribution in [0.1, 0.15) is 16.5 Å². The van der Waals surface area contributed by atoms with Crippen LogP contribution < -0.4 is 0 Å². The second-order valence-corrected chi connectivity index (χ2v) is 4.51. The van der Waals surface area contributed by atoms with Crippen LogP contribution in [0.15, 0.2) is 35.9 Å². The lowest BCUT2D eigenvalue weighted by Gasteiger charge is -2.23. The van der Waals surface area contributed by atoms with Crippen LogP contribution in [0.4, 0.5) is 13.2 Å². The van der Waals surface area contributed by atoms with E-state index in [0.29, 0.717) is 5.56 Å². The topological polar surface area (TPSA) is 3.24 Å². The highest BCUT2D eigenvalue weighted by Crippen LogP contribution is 2.43. The standard InChI is InChI=1S/C11H10F3NS/c1-15-6-7-16-10(15)8-4-2-3-5-9(8)11(12,13)14/h2-7,10H,1H3. The Morgan fingerprint density at radius 3 is 2.50 bits per heavy atom. The summed E-state index contributed by atoms with van der Waals surface area (Å²) in [5, 5.41) is 1.52. The van der Waals surface area contributed by atoms with Gasteiger partial charge in [0, 0.05) is 13.2 Å². The number of hydrogen-bond acceptors (Lipinski definition) is 2. The Hall–Kier alpha value is -1.10. The molecule has 0 fully saturated rings. The summed E-state index contributed by atoms with van der Waals surface area (Å²) in [5.41, 5.74) is -0.240. The summed E-state index contributed by atoms with van der Waals surface area (Å²) >= 11 is 1.38. The normalized spacial score (nSPS) is 20.5. The van der Waals surface area contributed by atoms with Crippen LogP contribution in [0.25, 0.3) is 0 Å². The van der Waals surface area contributed by atoms with Crippen molar-refractivity contribution < 1.29 is 13.2 Å². The summed E-state index contributed by atoms with van der Waals surface area (Å²) in [6, 6.07) is 5.71. The second-order valence-electron chi connectivity index (χ2n) is 3.52. The highest BCUT2D eigenvalue weighted by Gasteiger charge is 2.36. The fraction of sp³-hybridized carbons (Fsp3) is 0.273.